The van der Waals surface area contributed by atoms with E-state index in [1.807, 2.05) is 12.1 Å². The zero-order valence-corrected chi connectivity index (χ0v) is 12.1. The first-order valence-corrected chi connectivity index (χ1v) is 6.99. The maximum atomic E-state index is 12.5. The quantitative estimate of drug-likeness (QED) is 0.647. The number of nitrogen functional groups attached to an aromatic ring is 1. The summed E-state index contributed by atoms with van der Waals surface area (Å²) in [6.45, 7) is 0. The van der Waals surface area contributed by atoms with E-state index in [1.165, 1.54) is 12.1 Å². The molecule has 0 fully saturated rings. The van der Waals surface area contributed by atoms with Crippen LogP contribution in [-0.4, -0.2) is 17.0 Å². The summed E-state index contributed by atoms with van der Waals surface area (Å²) in [7, 11) is 0. The molecule has 5 heteroatoms. The van der Waals surface area contributed by atoms with Crippen molar-refractivity contribution in [3.8, 4) is 0 Å². The van der Waals surface area contributed by atoms with Gasteiger partial charge in [0.05, 0.1) is 11.1 Å². The minimum Gasteiger partial charge on any atom is -0.478 e. The van der Waals surface area contributed by atoms with Crippen LogP contribution in [0.1, 0.15) is 20.7 Å². The molecule has 0 radical (unpaired) electrons. The fraction of sp³-hybridized carbons (Fsp3) is 0. The van der Waals surface area contributed by atoms with E-state index in [1.54, 1.807) is 36.4 Å². The van der Waals surface area contributed by atoms with Crippen molar-refractivity contribution in [2.45, 2.75) is 0 Å². The molecule has 0 bridgehead atoms. The smallest absolute Gasteiger partial charge is 0.336 e. The van der Waals surface area contributed by atoms with Crippen LogP contribution in [0.15, 0.2) is 60.7 Å². The van der Waals surface area contributed by atoms with Crippen LogP contribution in [0, 0.1) is 0 Å². The molecular weight excluding hydrogens is 292 g/mol. The highest BCUT2D eigenvalue weighted by molar-refractivity contribution is 6.14. The van der Waals surface area contributed by atoms with Gasteiger partial charge in [0.15, 0.2) is 0 Å². The maximum Gasteiger partial charge on any atom is 0.336 e. The number of nitrogens with one attached hydrogen (secondary N) is 1. The van der Waals surface area contributed by atoms with Crippen molar-refractivity contribution in [1.82, 2.24) is 0 Å². The third kappa shape index (κ3) is 2.72. The fourth-order valence-electron chi connectivity index (χ4n) is 2.50. The Kier molecular flexibility index (Phi) is 3.68. The molecule has 3 aromatic carbocycles. The van der Waals surface area contributed by atoms with Crippen LogP contribution in [0.3, 0.4) is 0 Å². The number of carbonyl (C=O) groups excluding carboxylic acids is 1. The Balaban J connectivity index is 2.02. The number of nitrogens with two attached hydrogens (primary N) is 1. The highest BCUT2D eigenvalue weighted by atomic mass is 16.4. The molecule has 1 amide bonds. The molecule has 0 aromatic heterocycles. The van der Waals surface area contributed by atoms with Crippen LogP contribution in [-0.2, 0) is 0 Å². The predicted octanol–water partition coefficient (Wildman–Crippen LogP) is 3.37. The van der Waals surface area contributed by atoms with Crippen LogP contribution >= 0.6 is 0 Å². The van der Waals surface area contributed by atoms with Crippen LogP contribution in [0.4, 0.5) is 11.4 Å². The van der Waals surface area contributed by atoms with Gasteiger partial charge < -0.3 is 16.2 Å². The molecule has 0 unspecified atom stereocenters. The van der Waals surface area contributed by atoms with E-state index in [9.17, 15) is 14.7 Å². The molecule has 23 heavy (non-hydrogen) atoms. The number of amides is 1. The zero-order chi connectivity index (χ0) is 16.4. The molecule has 0 heterocycles. The minimum absolute atomic E-state index is 0.0373. The van der Waals surface area contributed by atoms with Gasteiger partial charge in [0.25, 0.3) is 5.91 Å². The first kappa shape index (κ1) is 14.6. The number of rotatable bonds is 3. The number of anilines is 2. The van der Waals surface area contributed by atoms with Crippen molar-refractivity contribution in [3.05, 3.63) is 71.8 Å². The van der Waals surface area contributed by atoms with E-state index < -0.39 is 11.9 Å². The standard InChI is InChI=1S/C18H14N2O3/c19-15-9-3-8-12-11(15)7-4-10-16(12)20-17(21)13-5-1-2-6-14(13)18(22)23/h1-10H,19H2,(H,20,21)(H,22,23). The lowest BCUT2D eigenvalue weighted by Crippen LogP contribution is -2.16. The van der Waals surface area contributed by atoms with Gasteiger partial charge in [-0.2, -0.15) is 0 Å². The van der Waals surface area contributed by atoms with Crippen molar-refractivity contribution in [1.29, 1.82) is 0 Å². The summed E-state index contributed by atoms with van der Waals surface area (Å²) < 4.78 is 0. The Morgan fingerprint density at radius 1 is 0.826 bits per heavy atom. The lowest BCUT2D eigenvalue weighted by molar-refractivity contribution is 0.0692. The van der Waals surface area contributed by atoms with E-state index in [4.69, 9.17) is 5.73 Å². The monoisotopic (exact) mass is 306 g/mol. The van der Waals surface area contributed by atoms with Crippen LogP contribution in [0.25, 0.3) is 10.8 Å². The summed E-state index contributed by atoms with van der Waals surface area (Å²) in [6.07, 6.45) is 0. The SMILES string of the molecule is Nc1cccc2c(NC(=O)c3ccccc3C(=O)O)cccc12. The molecule has 0 atom stereocenters. The van der Waals surface area contributed by atoms with Crippen LogP contribution < -0.4 is 11.1 Å². The zero-order valence-electron chi connectivity index (χ0n) is 12.1. The molecule has 3 aromatic rings. The van der Waals surface area contributed by atoms with Crippen molar-refractivity contribution in [2.24, 2.45) is 0 Å². The molecule has 0 aliphatic rings. The largest absolute Gasteiger partial charge is 0.478 e. The van der Waals surface area contributed by atoms with Gasteiger partial charge in [-0.1, -0.05) is 36.4 Å². The van der Waals surface area contributed by atoms with E-state index in [0.717, 1.165) is 10.8 Å². The second kappa shape index (κ2) is 5.81. The highest BCUT2D eigenvalue weighted by Crippen LogP contribution is 2.28. The fourth-order valence-corrected chi connectivity index (χ4v) is 2.50. The molecule has 0 spiro atoms. The summed E-state index contributed by atoms with van der Waals surface area (Å²) >= 11 is 0. The molecule has 5 nitrogen and oxygen atoms in total. The van der Waals surface area contributed by atoms with E-state index in [2.05, 4.69) is 5.32 Å². The van der Waals surface area contributed by atoms with Crippen molar-refractivity contribution >= 4 is 34.0 Å². The lowest BCUT2D eigenvalue weighted by atomic mass is 10.0. The van der Waals surface area contributed by atoms with E-state index in [0.29, 0.717) is 11.4 Å². The van der Waals surface area contributed by atoms with Gasteiger partial charge in [-0.05, 0) is 24.3 Å². The summed E-state index contributed by atoms with van der Waals surface area (Å²) in [5.41, 5.74) is 7.21. The number of carboxylic acids is 1. The molecule has 3 rings (SSSR count). The Morgan fingerprint density at radius 3 is 2.22 bits per heavy atom. The normalized spacial score (nSPS) is 10.4. The topological polar surface area (TPSA) is 92.4 Å². The van der Waals surface area contributed by atoms with Crippen LogP contribution in [0.5, 0.6) is 0 Å². The van der Waals surface area contributed by atoms with Gasteiger partial charge in [-0.3, -0.25) is 4.79 Å². The average Bonchev–Trinajstić information content (AvgIpc) is 2.56. The Labute approximate surface area is 132 Å². The lowest BCUT2D eigenvalue weighted by Gasteiger charge is -2.11. The number of hydrogen-bond acceptors (Lipinski definition) is 3. The summed E-state index contributed by atoms with van der Waals surface area (Å²) in [5, 5.41) is 13.6. The van der Waals surface area contributed by atoms with Crippen molar-refractivity contribution < 1.29 is 14.7 Å². The molecule has 0 saturated carbocycles. The van der Waals surface area contributed by atoms with E-state index >= 15 is 0 Å². The maximum absolute atomic E-state index is 12.5. The predicted molar refractivity (Wildman–Crippen MR) is 89.7 cm³/mol. The van der Waals surface area contributed by atoms with E-state index in [-0.39, 0.29) is 11.1 Å². The Hall–Kier alpha value is -3.34. The number of benzene rings is 3. The van der Waals surface area contributed by atoms with Crippen molar-refractivity contribution in [3.63, 3.8) is 0 Å². The number of carbonyl (C=O) groups is 2. The second-order valence-corrected chi connectivity index (χ2v) is 5.05. The molecule has 4 N–H and O–H groups in total. The second-order valence-electron chi connectivity index (χ2n) is 5.05. The first-order chi connectivity index (χ1) is 11.1. The van der Waals surface area contributed by atoms with Gasteiger partial charge in [0.1, 0.15) is 0 Å². The van der Waals surface area contributed by atoms with Gasteiger partial charge in [-0.15, -0.1) is 0 Å². The molecule has 0 aliphatic carbocycles. The molecular formula is C18H14N2O3. The van der Waals surface area contributed by atoms with Gasteiger partial charge in [0.2, 0.25) is 0 Å². The number of hydrogen-bond donors (Lipinski definition) is 3. The first-order valence-electron chi connectivity index (χ1n) is 6.99. The molecule has 114 valence electrons. The Bertz CT molecular complexity index is 919. The number of carboxylic acid groups (broad SMARTS) is 1. The highest BCUT2D eigenvalue weighted by Gasteiger charge is 2.16. The number of aromatic carboxylic acids is 1. The van der Waals surface area contributed by atoms with Gasteiger partial charge in [-0.25, -0.2) is 4.79 Å². The molecule has 0 aliphatic heterocycles. The number of fused-ring (bicyclic) bond motifs is 1. The van der Waals surface area contributed by atoms with Gasteiger partial charge in [0, 0.05) is 22.1 Å². The summed E-state index contributed by atoms with van der Waals surface area (Å²) in [4.78, 5) is 23.7. The third-order valence-electron chi connectivity index (χ3n) is 3.61. The summed E-state index contributed by atoms with van der Waals surface area (Å²) in [5.74, 6) is -1.61. The Morgan fingerprint density at radius 2 is 1.48 bits per heavy atom. The molecule has 0 saturated heterocycles. The third-order valence-corrected chi connectivity index (χ3v) is 3.61. The minimum atomic E-state index is -1.14. The summed E-state index contributed by atoms with van der Waals surface area (Å²) in [6, 6.07) is 16.9. The average molecular weight is 306 g/mol. The van der Waals surface area contributed by atoms with Gasteiger partial charge >= 0.3 is 5.97 Å². The van der Waals surface area contributed by atoms with Crippen molar-refractivity contribution in [2.75, 3.05) is 11.1 Å². The van der Waals surface area contributed by atoms with Crippen LogP contribution in [0.2, 0.25) is 0 Å².